The summed E-state index contributed by atoms with van der Waals surface area (Å²) in [7, 11) is 0. The third kappa shape index (κ3) is 3.13. The van der Waals surface area contributed by atoms with Gasteiger partial charge >= 0.3 is 0 Å². The number of quaternary nitrogens is 1. The molecule has 2 N–H and O–H groups in total. The summed E-state index contributed by atoms with van der Waals surface area (Å²) in [6, 6.07) is 7.87. The summed E-state index contributed by atoms with van der Waals surface area (Å²) in [6.07, 6.45) is 0.749. The van der Waals surface area contributed by atoms with Crippen LogP contribution in [0.15, 0.2) is 24.3 Å². The minimum Gasteiger partial charge on any atom is -0.492 e. The molecule has 1 saturated heterocycles. The molecular formula is C17H20ClN4O2S+. The van der Waals surface area contributed by atoms with Crippen LogP contribution in [0.4, 0.5) is 0 Å². The molecular weight excluding hydrogens is 360 g/mol. The SMILES string of the molecule is CCc1nc2sc([C@H](c3ccc(Cl)cc3)[NH+]3CCOCC3)c(O)n2n1. The van der Waals surface area contributed by atoms with Crippen molar-refractivity contribution in [2.24, 2.45) is 0 Å². The number of halogens is 1. The Kier molecular flexibility index (Phi) is 4.64. The van der Waals surface area contributed by atoms with E-state index >= 15 is 0 Å². The van der Waals surface area contributed by atoms with E-state index in [0.29, 0.717) is 5.02 Å². The Morgan fingerprint density at radius 3 is 2.68 bits per heavy atom. The van der Waals surface area contributed by atoms with Gasteiger partial charge in [-0.05, 0) is 12.1 Å². The average Bonchev–Trinajstić information content (AvgIpc) is 3.18. The molecule has 25 heavy (non-hydrogen) atoms. The topological polar surface area (TPSA) is 64.1 Å². The lowest BCUT2D eigenvalue weighted by molar-refractivity contribution is -0.932. The molecule has 3 heterocycles. The van der Waals surface area contributed by atoms with Crippen molar-refractivity contribution in [2.75, 3.05) is 26.3 Å². The molecule has 3 aromatic rings. The van der Waals surface area contributed by atoms with E-state index in [2.05, 4.69) is 10.1 Å². The van der Waals surface area contributed by atoms with Crippen molar-refractivity contribution in [2.45, 2.75) is 19.4 Å². The van der Waals surface area contributed by atoms with Crippen molar-refractivity contribution in [3.05, 3.63) is 45.6 Å². The Balaban J connectivity index is 1.80. The minimum atomic E-state index is 0.0137. The summed E-state index contributed by atoms with van der Waals surface area (Å²) in [4.78, 5) is 7.49. The van der Waals surface area contributed by atoms with Crippen LogP contribution in [0, 0.1) is 0 Å². The van der Waals surface area contributed by atoms with Gasteiger partial charge in [-0.15, -0.1) is 5.10 Å². The third-order valence-corrected chi connectivity index (χ3v) is 5.91. The number of hydrogen-bond acceptors (Lipinski definition) is 5. The number of ether oxygens (including phenoxy) is 1. The molecule has 1 aromatic carbocycles. The standard InChI is InChI=1S/C17H19ClN4O2S/c1-2-13-19-17-22(20-13)16(23)15(25-17)14(21-7-9-24-10-8-21)11-3-5-12(18)6-4-11/h3-6,14,23H,2,7-10H2,1H3/p+1/t14-/m0/s1. The Morgan fingerprint density at radius 2 is 2.04 bits per heavy atom. The molecule has 0 spiro atoms. The van der Waals surface area contributed by atoms with Gasteiger partial charge in [-0.3, -0.25) is 0 Å². The second kappa shape index (κ2) is 6.92. The lowest BCUT2D eigenvalue weighted by Gasteiger charge is -2.31. The van der Waals surface area contributed by atoms with Gasteiger partial charge in [0.15, 0.2) is 11.9 Å². The Labute approximate surface area is 154 Å². The van der Waals surface area contributed by atoms with Gasteiger partial charge in [0, 0.05) is 17.0 Å². The highest BCUT2D eigenvalue weighted by Gasteiger charge is 2.33. The van der Waals surface area contributed by atoms with Crippen LogP contribution in [-0.4, -0.2) is 46.0 Å². The van der Waals surface area contributed by atoms with E-state index in [-0.39, 0.29) is 11.9 Å². The number of thiazole rings is 1. The molecule has 6 nitrogen and oxygen atoms in total. The van der Waals surface area contributed by atoms with Gasteiger partial charge in [-0.2, -0.15) is 4.52 Å². The number of rotatable bonds is 4. The molecule has 1 atom stereocenters. The summed E-state index contributed by atoms with van der Waals surface area (Å²) in [6.45, 7) is 5.23. The molecule has 0 bridgehead atoms. The number of fused-ring (bicyclic) bond motifs is 1. The Hall–Kier alpha value is -1.67. The van der Waals surface area contributed by atoms with Crippen LogP contribution in [0.3, 0.4) is 0 Å². The summed E-state index contributed by atoms with van der Waals surface area (Å²) < 4.78 is 7.07. The molecule has 2 aromatic heterocycles. The number of hydrogen-bond donors (Lipinski definition) is 2. The van der Waals surface area contributed by atoms with Crippen LogP contribution in [0.1, 0.15) is 29.2 Å². The van der Waals surface area contributed by atoms with Gasteiger partial charge in [0.05, 0.1) is 13.2 Å². The normalized spacial score (nSPS) is 17.2. The van der Waals surface area contributed by atoms with Gasteiger partial charge in [-0.1, -0.05) is 42.0 Å². The molecule has 1 aliphatic rings. The molecule has 0 amide bonds. The molecule has 1 aliphatic heterocycles. The maximum atomic E-state index is 10.8. The van der Waals surface area contributed by atoms with Crippen molar-refractivity contribution in [3.63, 3.8) is 0 Å². The van der Waals surface area contributed by atoms with Crippen LogP contribution >= 0.6 is 22.9 Å². The fraction of sp³-hybridized carbons (Fsp3) is 0.412. The first-order valence-electron chi connectivity index (χ1n) is 8.42. The highest BCUT2D eigenvalue weighted by atomic mass is 35.5. The molecule has 132 valence electrons. The van der Waals surface area contributed by atoms with Crippen LogP contribution in [0.25, 0.3) is 4.96 Å². The summed E-state index contributed by atoms with van der Waals surface area (Å²) >= 11 is 7.57. The first-order chi connectivity index (χ1) is 12.2. The van der Waals surface area contributed by atoms with Crippen molar-refractivity contribution in [3.8, 4) is 5.88 Å². The quantitative estimate of drug-likeness (QED) is 0.724. The molecule has 0 aliphatic carbocycles. The van der Waals surface area contributed by atoms with Crippen LogP contribution in [0.5, 0.6) is 5.88 Å². The van der Waals surface area contributed by atoms with E-state index in [1.165, 1.54) is 16.2 Å². The van der Waals surface area contributed by atoms with Gasteiger partial charge in [-0.25, -0.2) is 4.98 Å². The van der Waals surface area contributed by atoms with E-state index in [4.69, 9.17) is 16.3 Å². The van der Waals surface area contributed by atoms with Crippen molar-refractivity contribution in [1.82, 2.24) is 14.6 Å². The van der Waals surface area contributed by atoms with E-state index in [9.17, 15) is 5.11 Å². The third-order valence-electron chi connectivity index (χ3n) is 4.57. The van der Waals surface area contributed by atoms with Gasteiger partial charge in [0.1, 0.15) is 18.0 Å². The van der Waals surface area contributed by atoms with Crippen molar-refractivity contribution < 1.29 is 14.7 Å². The second-order valence-corrected chi connectivity index (χ2v) is 7.57. The smallest absolute Gasteiger partial charge is 0.235 e. The summed E-state index contributed by atoms with van der Waals surface area (Å²) in [5.74, 6) is 0.931. The number of nitrogens with one attached hydrogen (secondary N) is 1. The maximum absolute atomic E-state index is 10.8. The lowest BCUT2D eigenvalue weighted by Crippen LogP contribution is -3.14. The first-order valence-corrected chi connectivity index (χ1v) is 9.62. The highest BCUT2D eigenvalue weighted by Crippen LogP contribution is 2.35. The zero-order valence-electron chi connectivity index (χ0n) is 13.9. The van der Waals surface area contributed by atoms with Crippen molar-refractivity contribution >= 4 is 27.9 Å². The zero-order valence-corrected chi connectivity index (χ0v) is 15.5. The lowest BCUT2D eigenvalue weighted by atomic mass is 10.0. The molecule has 0 unspecified atom stereocenters. The second-order valence-electron chi connectivity index (χ2n) is 6.12. The van der Waals surface area contributed by atoms with Crippen molar-refractivity contribution in [1.29, 1.82) is 0 Å². The number of nitrogens with zero attached hydrogens (tertiary/aromatic N) is 3. The van der Waals surface area contributed by atoms with E-state index in [1.807, 2.05) is 31.2 Å². The predicted molar refractivity (Wildman–Crippen MR) is 96.7 cm³/mol. The number of aromatic nitrogens is 3. The molecule has 4 rings (SSSR count). The highest BCUT2D eigenvalue weighted by molar-refractivity contribution is 7.17. The van der Waals surface area contributed by atoms with Gasteiger partial charge < -0.3 is 14.7 Å². The summed E-state index contributed by atoms with van der Waals surface area (Å²) in [5.41, 5.74) is 1.12. The average molecular weight is 380 g/mol. The maximum Gasteiger partial charge on any atom is 0.235 e. The van der Waals surface area contributed by atoms with Gasteiger partial charge in [0.2, 0.25) is 10.8 Å². The van der Waals surface area contributed by atoms with E-state index in [0.717, 1.165) is 53.9 Å². The number of aryl methyl sites for hydroxylation is 1. The van der Waals surface area contributed by atoms with Crippen LogP contribution < -0.4 is 4.90 Å². The minimum absolute atomic E-state index is 0.0137. The zero-order chi connectivity index (χ0) is 17.4. The Bertz CT molecular complexity index is 871. The van der Waals surface area contributed by atoms with Crippen LogP contribution in [-0.2, 0) is 11.2 Å². The number of aromatic hydroxyl groups is 1. The molecule has 8 heteroatoms. The fourth-order valence-corrected chi connectivity index (χ4v) is 4.56. The summed E-state index contributed by atoms with van der Waals surface area (Å²) in [5, 5.41) is 15.9. The van der Waals surface area contributed by atoms with E-state index < -0.39 is 0 Å². The predicted octanol–water partition coefficient (Wildman–Crippen LogP) is 1.72. The molecule has 0 saturated carbocycles. The number of morpholine rings is 1. The number of benzene rings is 1. The monoisotopic (exact) mass is 379 g/mol. The van der Waals surface area contributed by atoms with Gasteiger partial charge in [0.25, 0.3) is 0 Å². The fourth-order valence-electron chi connectivity index (χ4n) is 3.28. The Morgan fingerprint density at radius 1 is 1.32 bits per heavy atom. The van der Waals surface area contributed by atoms with E-state index in [1.54, 1.807) is 4.52 Å². The first kappa shape index (κ1) is 16.8. The molecule has 0 radical (unpaired) electrons. The molecule has 1 fully saturated rings. The largest absolute Gasteiger partial charge is 0.492 e. The van der Waals surface area contributed by atoms with Crippen LogP contribution in [0.2, 0.25) is 5.02 Å².